The van der Waals surface area contributed by atoms with Gasteiger partial charge in [0.1, 0.15) is 42.3 Å². The predicted molar refractivity (Wildman–Crippen MR) is 220 cm³/mol. The maximum Gasteiger partial charge on any atom is 0.320 e. The zero-order valence-electron chi connectivity index (χ0n) is 31.9. The lowest BCUT2D eigenvalue weighted by atomic mass is 9.96. The normalized spacial score (nSPS) is 16.4. The number of likely N-dealkylation sites (tertiary alicyclic amines) is 1. The van der Waals surface area contributed by atoms with Gasteiger partial charge in [0.25, 0.3) is 0 Å². The van der Waals surface area contributed by atoms with Gasteiger partial charge < -0.3 is 23.9 Å². The first-order valence-electron chi connectivity index (χ1n) is 19.5. The molecule has 57 heavy (non-hydrogen) atoms. The second-order valence-electron chi connectivity index (χ2n) is 14.9. The number of anilines is 1. The molecule has 2 aliphatic heterocycles. The molecule has 0 saturated carbocycles. The molecule has 0 amide bonds. The van der Waals surface area contributed by atoms with Crippen LogP contribution in [0.4, 0.5) is 5.69 Å². The molecule has 0 spiro atoms. The van der Waals surface area contributed by atoms with E-state index in [2.05, 4.69) is 71.4 Å². The number of hydrogen-bond acceptors (Lipinski definition) is 9. The molecule has 11 heteroatoms. The maximum atomic E-state index is 12.1. The van der Waals surface area contributed by atoms with Gasteiger partial charge in [-0.3, -0.25) is 14.7 Å². The standard InChI is InChI=1S/C46H44ClN5O5/c1-30-35(8-7-11-38(30)34-13-14-42-40(22-34)50-45(57-42)33-15-18-51(19-16-33)37-9-3-2-4-10-37)29-56-44-23-43(55-28-32-20-31(24-48)25-49-26-32)36(21-39(44)47)27-52-17-6-5-12-41(52)46(53)54/h2-4,7-11,13-14,20-23,25-26,33,41H,5-6,12,15-19,27-29H2,1H3,(H,53,54)/t41-/m0/s1. The van der Waals surface area contributed by atoms with E-state index in [0.29, 0.717) is 41.6 Å². The Hall–Kier alpha value is -5.89. The average Bonchev–Trinajstić information content (AvgIpc) is 3.68. The molecule has 6 aromatic rings. The third-order valence-electron chi connectivity index (χ3n) is 11.2. The number of para-hydroxylation sites is 1. The Bertz CT molecular complexity index is 2420. The first kappa shape index (κ1) is 38.0. The molecular weight excluding hydrogens is 738 g/mol. The molecule has 0 bridgehead atoms. The number of ether oxygens (including phenoxy) is 2. The topological polar surface area (TPSA) is 125 Å². The molecule has 2 fully saturated rings. The molecule has 4 aromatic carbocycles. The summed E-state index contributed by atoms with van der Waals surface area (Å²) < 4.78 is 19.0. The molecule has 290 valence electrons. The molecular formula is C46H44ClN5O5. The number of carboxylic acids is 1. The number of piperidine rings is 2. The van der Waals surface area contributed by atoms with E-state index >= 15 is 0 Å². The number of rotatable bonds is 12. The van der Waals surface area contributed by atoms with Gasteiger partial charge in [-0.1, -0.05) is 60.5 Å². The van der Waals surface area contributed by atoms with E-state index in [4.69, 9.17) is 30.5 Å². The molecule has 2 aromatic heterocycles. The van der Waals surface area contributed by atoms with Crippen LogP contribution in [0.25, 0.3) is 22.2 Å². The van der Waals surface area contributed by atoms with Gasteiger partial charge in [0.05, 0.1) is 10.6 Å². The highest BCUT2D eigenvalue weighted by atomic mass is 35.5. The van der Waals surface area contributed by atoms with Crippen LogP contribution in [0.5, 0.6) is 11.5 Å². The van der Waals surface area contributed by atoms with E-state index < -0.39 is 12.0 Å². The van der Waals surface area contributed by atoms with Crippen LogP contribution in [0.1, 0.15) is 71.7 Å². The minimum atomic E-state index is -0.832. The summed E-state index contributed by atoms with van der Waals surface area (Å²) in [4.78, 5) is 25.6. The monoisotopic (exact) mass is 781 g/mol. The molecule has 2 aliphatic rings. The third-order valence-corrected chi connectivity index (χ3v) is 11.5. The number of nitriles is 1. The van der Waals surface area contributed by atoms with Gasteiger partial charge in [-0.15, -0.1) is 0 Å². The minimum absolute atomic E-state index is 0.158. The molecule has 1 atom stereocenters. The van der Waals surface area contributed by atoms with Crippen LogP contribution in [0.3, 0.4) is 0 Å². The molecule has 4 heterocycles. The number of fused-ring (bicyclic) bond motifs is 1. The van der Waals surface area contributed by atoms with Gasteiger partial charge in [-0.25, -0.2) is 4.98 Å². The van der Waals surface area contributed by atoms with Crippen molar-refractivity contribution in [2.24, 2.45) is 0 Å². The van der Waals surface area contributed by atoms with Crippen molar-refractivity contribution in [2.75, 3.05) is 24.5 Å². The first-order valence-corrected chi connectivity index (χ1v) is 19.9. The van der Waals surface area contributed by atoms with Crippen LogP contribution in [-0.4, -0.2) is 51.6 Å². The Balaban J connectivity index is 0.993. The summed E-state index contributed by atoms with van der Waals surface area (Å²) in [5.41, 5.74) is 9.03. The van der Waals surface area contributed by atoms with Crippen LogP contribution < -0.4 is 14.4 Å². The van der Waals surface area contributed by atoms with Crippen LogP contribution >= 0.6 is 11.6 Å². The summed E-state index contributed by atoms with van der Waals surface area (Å²) in [6, 6.07) is 29.8. The van der Waals surface area contributed by atoms with Gasteiger partial charge in [0, 0.05) is 60.8 Å². The number of benzene rings is 4. The lowest BCUT2D eigenvalue weighted by molar-refractivity contribution is -0.144. The Kier molecular flexibility index (Phi) is 11.4. The lowest BCUT2D eigenvalue weighted by Gasteiger charge is -2.33. The number of nitrogens with zero attached hydrogens (tertiary/aromatic N) is 5. The Morgan fingerprint density at radius 2 is 1.74 bits per heavy atom. The van der Waals surface area contributed by atoms with Crippen LogP contribution in [0.15, 0.2) is 102 Å². The van der Waals surface area contributed by atoms with Crippen molar-refractivity contribution in [2.45, 2.75) is 70.7 Å². The third kappa shape index (κ3) is 8.60. The summed E-state index contributed by atoms with van der Waals surface area (Å²) in [6.45, 7) is 5.47. The number of hydrogen-bond donors (Lipinski definition) is 1. The van der Waals surface area contributed by atoms with E-state index in [9.17, 15) is 15.2 Å². The molecule has 1 N–H and O–H groups in total. The second-order valence-corrected chi connectivity index (χ2v) is 15.3. The quantitative estimate of drug-likeness (QED) is 0.128. The van der Waals surface area contributed by atoms with Gasteiger partial charge in [0.2, 0.25) is 0 Å². The Morgan fingerprint density at radius 1 is 0.912 bits per heavy atom. The van der Waals surface area contributed by atoms with Crippen molar-refractivity contribution >= 4 is 34.4 Å². The van der Waals surface area contributed by atoms with Crippen molar-refractivity contribution in [1.29, 1.82) is 5.26 Å². The molecule has 2 saturated heterocycles. The fraction of sp³-hybridized carbons (Fsp3) is 0.304. The second kappa shape index (κ2) is 17.1. The smallest absolute Gasteiger partial charge is 0.320 e. The first-order chi connectivity index (χ1) is 27.8. The molecule has 0 unspecified atom stereocenters. The Morgan fingerprint density at radius 3 is 2.54 bits per heavy atom. The summed E-state index contributed by atoms with van der Waals surface area (Å²) in [5.74, 6) is 1.24. The van der Waals surface area contributed by atoms with Crippen molar-refractivity contribution in [3.63, 3.8) is 0 Å². The number of oxazole rings is 1. The van der Waals surface area contributed by atoms with Crippen molar-refractivity contribution < 1.29 is 23.8 Å². The van der Waals surface area contributed by atoms with E-state index in [0.717, 1.165) is 89.1 Å². The average molecular weight is 782 g/mol. The SMILES string of the molecule is Cc1c(COc2cc(OCc3cncc(C#N)c3)c(CN3CCCC[C@H]3C(=O)O)cc2Cl)cccc1-c1ccc2oc(C3CCN(c4ccccc4)CC3)nc2c1. The van der Waals surface area contributed by atoms with Gasteiger partial charge >= 0.3 is 5.97 Å². The van der Waals surface area contributed by atoms with Crippen molar-refractivity contribution in [1.82, 2.24) is 14.9 Å². The number of carbonyl (C=O) groups is 1. The number of aliphatic carboxylic acids is 1. The van der Waals surface area contributed by atoms with Gasteiger partial charge in [-0.05, 0) is 97.8 Å². The zero-order chi connectivity index (χ0) is 39.3. The predicted octanol–water partition coefficient (Wildman–Crippen LogP) is 9.70. The fourth-order valence-electron chi connectivity index (χ4n) is 8.03. The van der Waals surface area contributed by atoms with Gasteiger partial charge in [0.15, 0.2) is 11.5 Å². The van der Waals surface area contributed by atoms with Crippen molar-refractivity contribution in [3.05, 3.63) is 136 Å². The molecule has 0 aliphatic carbocycles. The summed E-state index contributed by atoms with van der Waals surface area (Å²) in [6.07, 6.45) is 7.53. The van der Waals surface area contributed by atoms with Crippen molar-refractivity contribution in [3.8, 4) is 28.7 Å². The minimum Gasteiger partial charge on any atom is -0.488 e. The van der Waals surface area contributed by atoms with Crippen LogP contribution in [-0.2, 0) is 24.6 Å². The number of aromatic nitrogens is 2. The van der Waals surface area contributed by atoms with Gasteiger partial charge in [-0.2, -0.15) is 5.26 Å². The largest absolute Gasteiger partial charge is 0.488 e. The lowest BCUT2D eigenvalue weighted by Crippen LogP contribution is -2.44. The van der Waals surface area contributed by atoms with E-state index in [1.807, 2.05) is 23.1 Å². The van der Waals surface area contributed by atoms with Crippen LogP contribution in [0.2, 0.25) is 5.02 Å². The van der Waals surface area contributed by atoms with E-state index in [-0.39, 0.29) is 19.1 Å². The molecule has 10 nitrogen and oxygen atoms in total. The van der Waals surface area contributed by atoms with Crippen LogP contribution in [0, 0.1) is 18.3 Å². The van der Waals surface area contributed by atoms with E-state index in [1.54, 1.807) is 24.4 Å². The highest BCUT2D eigenvalue weighted by Crippen LogP contribution is 2.37. The summed E-state index contributed by atoms with van der Waals surface area (Å²) in [7, 11) is 0. The highest BCUT2D eigenvalue weighted by Gasteiger charge is 2.30. The highest BCUT2D eigenvalue weighted by molar-refractivity contribution is 6.32. The Labute approximate surface area is 337 Å². The number of carboxylic acid groups (broad SMARTS) is 1. The molecule has 0 radical (unpaired) electrons. The zero-order valence-corrected chi connectivity index (χ0v) is 32.6. The maximum absolute atomic E-state index is 12.1. The summed E-state index contributed by atoms with van der Waals surface area (Å²) >= 11 is 6.88. The fourth-order valence-corrected chi connectivity index (χ4v) is 8.27. The number of pyridine rings is 1. The molecule has 8 rings (SSSR count). The summed E-state index contributed by atoms with van der Waals surface area (Å²) in [5, 5.41) is 19.7. The van der Waals surface area contributed by atoms with E-state index in [1.165, 1.54) is 11.9 Å². The number of halogens is 1.